The molecule has 3 rings (SSSR count). The summed E-state index contributed by atoms with van der Waals surface area (Å²) < 4.78 is 34.2. The van der Waals surface area contributed by atoms with Crippen LogP contribution in [0.5, 0.6) is 5.75 Å². The maximum atomic E-state index is 14.3. The van der Waals surface area contributed by atoms with Gasteiger partial charge in [-0.3, -0.25) is 0 Å². The second-order valence-corrected chi connectivity index (χ2v) is 6.58. The first-order valence-corrected chi connectivity index (χ1v) is 9.04. The number of anilines is 1. The van der Waals surface area contributed by atoms with E-state index in [9.17, 15) is 8.78 Å². The van der Waals surface area contributed by atoms with Gasteiger partial charge in [-0.15, -0.1) is 12.4 Å². The third kappa shape index (κ3) is 5.69. The summed E-state index contributed by atoms with van der Waals surface area (Å²) in [6.45, 7) is 6.51. The molecule has 2 aliphatic rings. The Labute approximate surface area is 154 Å². The van der Waals surface area contributed by atoms with E-state index in [4.69, 9.17) is 4.74 Å². The monoisotopic (exact) mass is 375 g/mol. The summed E-state index contributed by atoms with van der Waals surface area (Å²) in [5.74, 6) is -0.798. The molecule has 0 atom stereocenters. The van der Waals surface area contributed by atoms with E-state index < -0.39 is 11.6 Å². The number of piperazine rings is 1. The first kappa shape index (κ1) is 20.2. The fourth-order valence-corrected chi connectivity index (χ4v) is 3.48. The van der Waals surface area contributed by atoms with Crippen molar-refractivity contribution < 1.29 is 13.5 Å². The van der Waals surface area contributed by atoms with Crippen LogP contribution in [0.25, 0.3) is 0 Å². The van der Waals surface area contributed by atoms with E-state index in [0.29, 0.717) is 19.7 Å². The van der Waals surface area contributed by atoms with Crippen molar-refractivity contribution in [3.8, 4) is 5.75 Å². The molecule has 1 N–H and O–H groups in total. The maximum Gasteiger partial charge on any atom is 0.153 e. The smallest absolute Gasteiger partial charge is 0.153 e. The third-order valence-corrected chi connectivity index (χ3v) is 4.76. The Morgan fingerprint density at radius 3 is 2.24 bits per heavy atom. The van der Waals surface area contributed by atoms with E-state index in [1.165, 1.54) is 31.4 Å². The van der Waals surface area contributed by atoms with Crippen molar-refractivity contribution in [2.45, 2.75) is 25.7 Å². The topological polar surface area (TPSA) is 27.7 Å². The Balaban J connectivity index is 0.00000225. The molecule has 2 saturated heterocycles. The SMILES string of the molecule is Cl.Fc1cc(OCCCN2CCCCC2)cc(F)c1N1CCNCC1. The fourth-order valence-electron chi connectivity index (χ4n) is 3.48. The van der Waals surface area contributed by atoms with Crippen LogP contribution in [0.1, 0.15) is 25.7 Å². The van der Waals surface area contributed by atoms with E-state index in [0.717, 1.165) is 39.1 Å². The Morgan fingerprint density at radius 1 is 0.960 bits per heavy atom. The molecule has 2 aliphatic heterocycles. The van der Waals surface area contributed by atoms with Gasteiger partial charge in [0.25, 0.3) is 0 Å². The van der Waals surface area contributed by atoms with Crippen LogP contribution in [-0.4, -0.2) is 57.3 Å². The largest absolute Gasteiger partial charge is 0.493 e. The Bertz CT molecular complexity index is 512. The van der Waals surface area contributed by atoms with Gasteiger partial charge in [0.15, 0.2) is 11.6 Å². The molecule has 1 aromatic rings. The predicted molar refractivity (Wildman–Crippen MR) is 99.1 cm³/mol. The quantitative estimate of drug-likeness (QED) is 0.773. The average Bonchev–Trinajstić information content (AvgIpc) is 2.60. The van der Waals surface area contributed by atoms with Gasteiger partial charge >= 0.3 is 0 Å². The number of ether oxygens (including phenoxy) is 1. The summed E-state index contributed by atoms with van der Waals surface area (Å²) in [5, 5.41) is 3.18. The molecule has 0 radical (unpaired) electrons. The lowest BCUT2D eigenvalue weighted by molar-refractivity contribution is 0.204. The minimum atomic E-state index is -0.539. The van der Waals surface area contributed by atoms with Crippen LogP contribution in [0.15, 0.2) is 12.1 Å². The van der Waals surface area contributed by atoms with E-state index in [2.05, 4.69) is 10.2 Å². The average molecular weight is 376 g/mol. The Kier molecular flexibility index (Phi) is 8.19. The first-order valence-electron chi connectivity index (χ1n) is 9.04. The van der Waals surface area contributed by atoms with Gasteiger partial charge in [-0.1, -0.05) is 6.42 Å². The van der Waals surface area contributed by atoms with Crippen molar-refractivity contribution in [1.29, 1.82) is 0 Å². The number of piperidine rings is 1. The molecule has 0 aliphatic carbocycles. The van der Waals surface area contributed by atoms with Crippen LogP contribution < -0.4 is 15.0 Å². The summed E-state index contributed by atoms with van der Waals surface area (Å²) in [7, 11) is 0. The van der Waals surface area contributed by atoms with Gasteiger partial charge in [0.05, 0.1) is 6.61 Å². The molecule has 0 saturated carbocycles. The Morgan fingerprint density at radius 2 is 1.60 bits per heavy atom. The lowest BCUT2D eigenvalue weighted by Gasteiger charge is -2.30. The highest BCUT2D eigenvalue weighted by atomic mass is 35.5. The van der Waals surface area contributed by atoms with Crippen molar-refractivity contribution in [3.63, 3.8) is 0 Å². The molecule has 25 heavy (non-hydrogen) atoms. The zero-order valence-electron chi connectivity index (χ0n) is 14.6. The molecule has 0 unspecified atom stereocenters. The molecule has 0 spiro atoms. The standard InChI is InChI=1S/C18H27F2N3O.ClH/c19-16-13-15(24-12-4-9-22-7-2-1-3-8-22)14-17(20)18(16)23-10-5-21-6-11-23;/h13-14,21H,1-12H2;1H. The number of rotatable bonds is 6. The van der Waals surface area contributed by atoms with Crippen LogP contribution in [0.2, 0.25) is 0 Å². The number of likely N-dealkylation sites (tertiary alicyclic amines) is 1. The number of nitrogens with one attached hydrogen (secondary N) is 1. The van der Waals surface area contributed by atoms with Crippen LogP contribution in [-0.2, 0) is 0 Å². The van der Waals surface area contributed by atoms with Crippen molar-refractivity contribution in [1.82, 2.24) is 10.2 Å². The summed E-state index contributed by atoms with van der Waals surface area (Å²) >= 11 is 0. The van der Waals surface area contributed by atoms with Crippen molar-refractivity contribution in [2.24, 2.45) is 0 Å². The lowest BCUT2D eigenvalue weighted by Crippen LogP contribution is -2.44. The zero-order chi connectivity index (χ0) is 16.8. The summed E-state index contributed by atoms with van der Waals surface area (Å²) in [6, 6.07) is 2.61. The number of hydrogen-bond donors (Lipinski definition) is 1. The molecule has 1 aromatic carbocycles. The van der Waals surface area contributed by atoms with Crippen LogP contribution in [0.4, 0.5) is 14.5 Å². The maximum absolute atomic E-state index is 14.3. The van der Waals surface area contributed by atoms with Gasteiger partial charge in [0, 0.05) is 44.9 Å². The minimum absolute atomic E-state index is 0. The predicted octanol–water partition coefficient (Wildman–Crippen LogP) is 3.05. The van der Waals surface area contributed by atoms with Gasteiger partial charge in [-0.05, 0) is 32.4 Å². The van der Waals surface area contributed by atoms with E-state index in [1.807, 2.05) is 0 Å². The molecule has 2 heterocycles. The van der Waals surface area contributed by atoms with E-state index >= 15 is 0 Å². The van der Waals surface area contributed by atoms with Crippen LogP contribution >= 0.6 is 12.4 Å². The molecule has 0 amide bonds. The molecular formula is C18H28ClF2N3O. The van der Waals surface area contributed by atoms with Gasteiger partial charge in [0.2, 0.25) is 0 Å². The van der Waals surface area contributed by atoms with Crippen LogP contribution in [0.3, 0.4) is 0 Å². The lowest BCUT2D eigenvalue weighted by atomic mass is 10.1. The fraction of sp³-hybridized carbons (Fsp3) is 0.667. The normalized spacial score (nSPS) is 18.7. The molecule has 2 fully saturated rings. The van der Waals surface area contributed by atoms with Gasteiger partial charge in [0.1, 0.15) is 11.4 Å². The van der Waals surface area contributed by atoms with Crippen LogP contribution in [0, 0.1) is 11.6 Å². The molecular weight excluding hydrogens is 348 g/mol. The highest BCUT2D eigenvalue weighted by Gasteiger charge is 2.20. The summed E-state index contributed by atoms with van der Waals surface area (Å²) in [6.07, 6.45) is 4.74. The number of benzene rings is 1. The van der Waals surface area contributed by atoms with Crippen molar-refractivity contribution >= 4 is 18.1 Å². The van der Waals surface area contributed by atoms with Crippen molar-refractivity contribution in [2.75, 3.05) is 57.3 Å². The van der Waals surface area contributed by atoms with Gasteiger partial charge in [-0.25, -0.2) is 8.78 Å². The molecule has 0 aromatic heterocycles. The van der Waals surface area contributed by atoms with E-state index in [1.54, 1.807) is 4.90 Å². The molecule has 0 bridgehead atoms. The van der Waals surface area contributed by atoms with Gasteiger partial charge in [-0.2, -0.15) is 0 Å². The molecule has 4 nitrogen and oxygen atoms in total. The second-order valence-electron chi connectivity index (χ2n) is 6.58. The number of nitrogens with zero attached hydrogens (tertiary/aromatic N) is 2. The third-order valence-electron chi connectivity index (χ3n) is 4.76. The summed E-state index contributed by atoms with van der Waals surface area (Å²) in [4.78, 5) is 4.18. The number of halogens is 3. The second kappa shape index (κ2) is 10.1. The molecule has 142 valence electrons. The minimum Gasteiger partial charge on any atom is -0.493 e. The number of hydrogen-bond acceptors (Lipinski definition) is 4. The van der Waals surface area contributed by atoms with E-state index in [-0.39, 0.29) is 23.8 Å². The summed E-state index contributed by atoms with van der Waals surface area (Å²) in [5.41, 5.74) is 0.0668. The van der Waals surface area contributed by atoms with Gasteiger partial charge < -0.3 is 19.9 Å². The highest BCUT2D eigenvalue weighted by Crippen LogP contribution is 2.28. The Hall–Kier alpha value is -1.11. The van der Waals surface area contributed by atoms with Crippen molar-refractivity contribution in [3.05, 3.63) is 23.8 Å². The molecule has 7 heteroatoms. The zero-order valence-corrected chi connectivity index (χ0v) is 15.4. The highest BCUT2D eigenvalue weighted by molar-refractivity contribution is 5.85. The first-order chi connectivity index (χ1) is 11.7.